The van der Waals surface area contributed by atoms with Crippen LogP contribution in [-0.4, -0.2) is 16.9 Å². The molecule has 2 rings (SSSR count). The van der Waals surface area contributed by atoms with Crippen LogP contribution >= 0.6 is 22.6 Å². The average molecular weight is 388 g/mol. The molecule has 20 heavy (non-hydrogen) atoms. The molecule has 1 aliphatic rings. The normalized spacial score (nSPS) is 22.3. The Hall–Kier alpha value is -1.18. The van der Waals surface area contributed by atoms with E-state index < -0.39 is 4.92 Å². The lowest BCUT2D eigenvalue weighted by molar-refractivity contribution is -0.384. The van der Waals surface area contributed by atoms with E-state index in [9.17, 15) is 14.9 Å². The van der Waals surface area contributed by atoms with E-state index >= 15 is 0 Å². The van der Waals surface area contributed by atoms with Crippen LogP contribution in [0.25, 0.3) is 0 Å². The number of carbonyl (C=O) groups excluding carboxylic acids is 1. The second-order valence-corrected chi connectivity index (χ2v) is 6.51. The van der Waals surface area contributed by atoms with Gasteiger partial charge in [0, 0.05) is 21.7 Å². The van der Waals surface area contributed by atoms with Gasteiger partial charge in [0.2, 0.25) is 0 Å². The number of hydrogen-bond acceptors (Lipinski definition) is 3. The predicted molar refractivity (Wildman–Crippen MR) is 84.7 cm³/mol. The van der Waals surface area contributed by atoms with E-state index in [1.165, 1.54) is 18.2 Å². The summed E-state index contributed by atoms with van der Waals surface area (Å²) >= 11 is 1.97. The highest BCUT2D eigenvalue weighted by molar-refractivity contribution is 14.1. The Morgan fingerprint density at radius 1 is 1.35 bits per heavy atom. The molecule has 1 fully saturated rings. The molecular formula is C14H17IN2O3. The van der Waals surface area contributed by atoms with Crippen molar-refractivity contribution in [3.8, 4) is 0 Å². The van der Waals surface area contributed by atoms with Crippen LogP contribution in [0.2, 0.25) is 0 Å². The van der Waals surface area contributed by atoms with E-state index in [1.54, 1.807) is 0 Å². The number of nitro benzene ring substituents is 1. The van der Waals surface area contributed by atoms with Crippen molar-refractivity contribution in [2.45, 2.75) is 38.6 Å². The second kappa shape index (κ2) is 6.51. The number of carbonyl (C=O) groups is 1. The minimum atomic E-state index is -0.452. The van der Waals surface area contributed by atoms with Gasteiger partial charge in [-0.2, -0.15) is 0 Å². The summed E-state index contributed by atoms with van der Waals surface area (Å²) in [4.78, 5) is 22.4. The largest absolute Gasteiger partial charge is 0.349 e. The molecule has 108 valence electrons. The Kier molecular flexibility index (Phi) is 4.95. The molecule has 0 spiro atoms. The first-order valence-electron chi connectivity index (χ1n) is 6.72. The summed E-state index contributed by atoms with van der Waals surface area (Å²) in [5.41, 5.74) is 0.521. The molecular weight excluding hydrogens is 371 g/mol. The fraction of sp³-hybridized carbons (Fsp3) is 0.500. The molecule has 0 bridgehead atoms. The third-order valence-electron chi connectivity index (χ3n) is 3.76. The highest BCUT2D eigenvalue weighted by Crippen LogP contribution is 2.24. The van der Waals surface area contributed by atoms with Crippen LogP contribution in [0.1, 0.15) is 43.0 Å². The van der Waals surface area contributed by atoms with E-state index in [-0.39, 0.29) is 17.6 Å². The van der Waals surface area contributed by atoms with Crippen LogP contribution in [0.15, 0.2) is 18.2 Å². The maximum atomic E-state index is 12.2. The first kappa shape index (κ1) is 15.2. The summed E-state index contributed by atoms with van der Waals surface area (Å²) in [6, 6.07) is 4.56. The standard InChI is InChI=1S/C14H17IN2O3/c1-9-2-4-10(5-3-9)16-14(18)12-7-6-11(17(19)20)8-13(12)15/h6-10H,2-5H2,1H3,(H,16,18). The number of hydrogen-bond donors (Lipinski definition) is 1. The topological polar surface area (TPSA) is 72.2 Å². The van der Waals surface area contributed by atoms with E-state index in [4.69, 9.17) is 0 Å². The van der Waals surface area contributed by atoms with Gasteiger partial charge < -0.3 is 5.32 Å². The van der Waals surface area contributed by atoms with Crippen molar-refractivity contribution in [2.24, 2.45) is 5.92 Å². The number of nitro groups is 1. The molecule has 0 aliphatic heterocycles. The summed E-state index contributed by atoms with van der Waals surface area (Å²) in [6.45, 7) is 2.23. The summed E-state index contributed by atoms with van der Waals surface area (Å²) in [5, 5.41) is 13.7. The molecule has 0 radical (unpaired) electrons. The molecule has 1 aromatic rings. The van der Waals surface area contributed by atoms with E-state index in [1.807, 2.05) is 22.6 Å². The van der Waals surface area contributed by atoms with Crippen LogP contribution in [0.4, 0.5) is 5.69 Å². The minimum absolute atomic E-state index is 0.0115. The first-order valence-corrected chi connectivity index (χ1v) is 7.80. The Balaban J connectivity index is 2.04. The number of benzene rings is 1. The fourth-order valence-electron chi connectivity index (χ4n) is 2.47. The van der Waals surface area contributed by atoms with Crippen LogP contribution in [-0.2, 0) is 0 Å². The molecule has 0 heterocycles. The molecule has 1 saturated carbocycles. The third kappa shape index (κ3) is 3.68. The Bertz CT molecular complexity index is 525. The lowest BCUT2D eigenvalue weighted by Crippen LogP contribution is -2.37. The van der Waals surface area contributed by atoms with Crippen molar-refractivity contribution < 1.29 is 9.72 Å². The molecule has 1 aliphatic carbocycles. The smallest absolute Gasteiger partial charge is 0.270 e. The van der Waals surface area contributed by atoms with Gasteiger partial charge in [-0.05, 0) is 60.3 Å². The number of nitrogens with one attached hydrogen (secondary N) is 1. The maximum Gasteiger partial charge on any atom is 0.270 e. The average Bonchev–Trinajstić information content (AvgIpc) is 2.41. The van der Waals surface area contributed by atoms with Gasteiger partial charge in [-0.3, -0.25) is 14.9 Å². The molecule has 0 saturated heterocycles. The Morgan fingerprint density at radius 3 is 2.55 bits per heavy atom. The van der Waals surface area contributed by atoms with Crippen LogP contribution < -0.4 is 5.32 Å². The number of halogens is 1. The lowest BCUT2D eigenvalue weighted by Gasteiger charge is -2.27. The quantitative estimate of drug-likeness (QED) is 0.489. The van der Waals surface area contributed by atoms with Crippen molar-refractivity contribution in [1.82, 2.24) is 5.32 Å². The van der Waals surface area contributed by atoms with Crippen molar-refractivity contribution in [3.05, 3.63) is 37.4 Å². The number of nitrogens with zero attached hydrogens (tertiary/aromatic N) is 1. The minimum Gasteiger partial charge on any atom is -0.349 e. The Morgan fingerprint density at radius 2 is 2.00 bits per heavy atom. The highest BCUT2D eigenvalue weighted by atomic mass is 127. The monoisotopic (exact) mass is 388 g/mol. The third-order valence-corrected chi connectivity index (χ3v) is 4.65. The summed E-state index contributed by atoms with van der Waals surface area (Å²) in [6.07, 6.45) is 4.30. The summed E-state index contributed by atoms with van der Waals surface area (Å²) < 4.78 is 0.610. The molecule has 1 amide bonds. The van der Waals surface area contributed by atoms with Gasteiger partial charge in [-0.1, -0.05) is 6.92 Å². The van der Waals surface area contributed by atoms with Crippen molar-refractivity contribution in [2.75, 3.05) is 0 Å². The fourth-order valence-corrected chi connectivity index (χ4v) is 3.21. The van der Waals surface area contributed by atoms with Gasteiger partial charge in [0.1, 0.15) is 0 Å². The molecule has 0 atom stereocenters. The van der Waals surface area contributed by atoms with Gasteiger partial charge >= 0.3 is 0 Å². The summed E-state index contributed by atoms with van der Waals surface area (Å²) in [5.74, 6) is 0.603. The molecule has 1 aromatic carbocycles. The van der Waals surface area contributed by atoms with Crippen molar-refractivity contribution in [3.63, 3.8) is 0 Å². The van der Waals surface area contributed by atoms with Crippen LogP contribution in [0, 0.1) is 19.6 Å². The van der Waals surface area contributed by atoms with E-state index in [0.29, 0.717) is 9.13 Å². The predicted octanol–water partition coefficient (Wildman–Crippen LogP) is 3.51. The van der Waals surface area contributed by atoms with Crippen LogP contribution in [0.5, 0.6) is 0 Å². The highest BCUT2D eigenvalue weighted by Gasteiger charge is 2.21. The zero-order chi connectivity index (χ0) is 14.7. The van der Waals surface area contributed by atoms with Crippen molar-refractivity contribution in [1.29, 1.82) is 0 Å². The number of non-ortho nitro benzene ring substituents is 1. The number of rotatable bonds is 3. The van der Waals surface area contributed by atoms with Crippen molar-refractivity contribution >= 4 is 34.2 Å². The number of amides is 1. The van der Waals surface area contributed by atoms with Gasteiger partial charge in [-0.25, -0.2) is 0 Å². The summed E-state index contributed by atoms with van der Waals surface area (Å²) in [7, 11) is 0. The zero-order valence-electron chi connectivity index (χ0n) is 11.3. The maximum absolute atomic E-state index is 12.2. The Labute approximate surface area is 131 Å². The molecule has 0 aromatic heterocycles. The van der Waals surface area contributed by atoms with Crippen LogP contribution in [0.3, 0.4) is 0 Å². The molecule has 5 nitrogen and oxygen atoms in total. The van der Waals surface area contributed by atoms with Gasteiger partial charge in [0.05, 0.1) is 10.5 Å². The van der Waals surface area contributed by atoms with Gasteiger partial charge in [0.25, 0.3) is 11.6 Å². The SMILES string of the molecule is CC1CCC(NC(=O)c2ccc([N+](=O)[O-])cc2I)CC1. The molecule has 1 N–H and O–H groups in total. The van der Waals surface area contributed by atoms with E-state index in [2.05, 4.69) is 12.2 Å². The van der Waals surface area contributed by atoms with E-state index in [0.717, 1.165) is 31.6 Å². The zero-order valence-corrected chi connectivity index (χ0v) is 13.4. The lowest BCUT2D eigenvalue weighted by atomic mass is 9.87. The second-order valence-electron chi connectivity index (χ2n) is 5.35. The first-order chi connectivity index (χ1) is 9.47. The molecule has 0 unspecified atom stereocenters. The van der Waals surface area contributed by atoms with Gasteiger partial charge in [-0.15, -0.1) is 0 Å². The van der Waals surface area contributed by atoms with Gasteiger partial charge in [0.15, 0.2) is 0 Å². The molecule has 6 heteroatoms.